The van der Waals surface area contributed by atoms with Crippen LogP contribution >= 0.6 is 7.92 Å². The maximum absolute atomic E-state index is 7.32. The molecule has 0 radical (unpaired) electrons. The molecule has 4 rings (SSSR count). The van der Waals surface area contributed by atoms with Crippen molar-refractivity contribution in [3.63, 3.8) is 0 Å². The van der Waals surface area contributed by atoms with E-state index >= 15 is 0 Å². The summed E-state index contributed by atoms with van der Waals surface area (Å²) >= 11 is 0. The highest BCUT2D eigenvalue weighted by atomic mass is 31.1. The highest BCUT2D eigenvalue weighted by Crippen LogP contribution is 2.32. The van der Waals surface area contributed by atoms with Gasteiger partial charge in [-0.1, -0.05) is 91.0 Å². The summed E-state index contributed by atoms with van der Waals surface area (Å²) in [4.78, 5) is 2.27. The zero-order valence-corrected chi connectivity index (χ0v) is 18.1. The predicted molar refractivity (Wildman–Crippen MR) is 125 cm³/mol. The highest BCUT2D eigenvalue weighted by Gasteiger charge is 2.14. The number of likely N-dealkylation sites (N-methyl/N-ethyl adjacent to an activating group) is 1. The molecule has 4 heteroatoms. The Kier molecular flexibility index (Phi) is 10.7. The van der Waals surface area contributed by atoms with E-state index in [0.717, 1.165) is 26.3 Å². The van der Waals surface area contributed by atoms with Crippen molar-refractivity contribution in [3.05, 3.63) is 91.0 Å². The normalized spacial score (nSPS) is 13.3. The van der Waals surface area contributed by atoms with Crippen LogP contribution in [-0.2, 0) is 4.74 Å². The maximum Gasteiger partial charge on any atom is 0.0594 e. The van der Waals surface area contributed by atoms with Crippen molar-refractivity contribution in [1.82, 2.24) is 4.90 Å². The number of morpholine rings is 1. The summed E-state index contributed by atoms with van der Waals surface area (Å²) in [5, 5.41) is 11.5. The van der Waals surface area contributed by atoms with E-state index in [0.29, 0.717) is 0 Å². The lowest BCUT2D eigenvalue weighted by atomic mass is 10.4. The lowest BCUT2D eigenvalue weighted by molar-refractivity contribution is 0.0503. The molecule has 0 N–H and O–H groups in total. The van der Waals surface area contributed by atoms with Crippen LogP contribution in [0.1, 0.15) is 6.92 Å². The number of nitrogens with zero attached hydrogens (tertiary/aromatic N) is 2. The van der Waals surface area contributed by atoms with Crippen LogP contribution in [0.4, 0.5) is 0 Å². The molecule has 1 aliphatic heterocycles. The van der Waals surface area contributed by atoms with Gasteiger partial charge in [0.1, 0.15) is 0 Å². The second kappa shape index (κ2) is 13.6. The van der Waals surface area contributed by atoms with Crippen molar-refractivity contribution >= 4 is 23.8 Å². The summed E-state index contributed by atoms with van der Waals surface area (Å²) in [5.74, 6) is 0. The monoisotopic (exact) mass is 404 g/mol. The Bertz CT molecular complexity index is 735. The average Bonchev–Trinajstić information content (AvgIpc) is 2.78. The van der Waals surface area contributed by atoms with E-state index < -0.39 is 7.92 Å². The number of rotatable bonds is 3. The summed E-state index contributed by atoms with van der Waals surface area (Å²) in [6.45, 7) is 5.45. The Morgan fingerprint density at radius 3 is 1.28 bits per heavy atom. The fourth-order valence-electron chi connectivity index (χ4n) is 2.83. The fraction of sp³-hybridized carbons (Fsp3) is 0.240. The van der Waals surface area contributed by atoms with Crippen LogP contribution < -0.4 is 15.9 Å². The molecule has 1 heterocycles. The standard InChI is InChI=1S/C18H15P.C5H11NO.C2H3N/c1-4-10-16(11-5-1)19(17-12-6-2-7-13-17)18-14-8-3-9-15-18;1-6-2-4-7-5-3-6;1-2-3/h1-15H;2-5H2,1H3;1H3. The van der Waals surface area contributed by atoms with Gasteiger partial charge in [-0.25, -0.2) is 0 Å². The van der Waals surface area contributed by atoms with Crippen molar-refractivity contribution in [2.24, 2.45) is 0 Å². The Morgan fingerprint density at radius 2 is 1.03 bits per heavy atom. The summed E-state index contributed by atoms with van der Waals surface area (Å²) in [6, 6.07) is 34.1. The number of nitriles is 1. The molecule has 0 saturated carbocycles. The molecule has 150 valence electrons. The lowest BCUT2D eigenvalue weighted by Gasteiger charge is -2.21. The van der Waals surface area contributed by atoms with Crippen molar-refractivity contribution in [1.29, 1.82) is 5.26 Å². The van der Waals surface area contributed by atoms with Crippen molar-refractivity contribution in [3.8, 4) is 6.07 Å². The van der Waals surface area contributed by atoms with E-state index in [1.54, 1.807) is 6.07 Å². The van der Waals surface area contributed by atoms with E-state index in [9.17, 15) is 0 Å². The summed E-state index contributed by atoms with van der Waals surface area (Å²) < 4.78 is 5.10. The molecule has 0 amide bonds. The van der Waals surface area contributed by atoms with Gasteiger partial charge in [-0.3, -0.25) is 0 Å². The molecule has 0 aliphatic carbocycles. The number of hydrogen-bond donors (Lipinski definition) is 0. The first-order valence-corrected chi connectivity index (χ1v) is 11.1. The highest BCUT2D eigenvalue weighted by molar-refractivity contribution is 7.79. The molecule has 1 aliphatic rings. The summed E-state index contributed by atoms with van der Waals surface area (Å²) in [6.07, 6.45) is 0. The molecule has 29 heavy (non-hydrogen) atoms. The molecule has 3 aromatic carbocycles. The van der Waals surface area contributed by atoms with Crippen LogP contribution in [0.5, 0.6) is 0 Å². The van der Waals surface area contributed by atoms with Gasteiger partial charge in [0.05, 0.1) is 19.3 Å². The van der Waals surface area contributed by atoms with E-state index in [4.69, 9.17) is 10.00 Å². The third kappa shape index (κ3) is 8.18. The third-order valence-corrected chi connectivity index (χ3v) is 6.72. The molecule has 0 spiro atoms. The molecule has 0 unspecified atom stereocenters. The molecule has 3 nitrogen and oxygen atoms in total. The van der Waals surface area contributed by atoms with Gasteiger partial charge in [0.2, 0.25) is 0 Å². The summed E-state index contributed by atoms with van der Waals surface area (Å²) in [7, 11) is 1.67. The van der Waals surface area contributed by atoms with E-state index in [1.165, 1.54) is 22.8 Å². The van der Waals surface area contributed by atoms with Gasteiger partial charge in [0, 0.05) is 20.0 Å². The fourth-order valence-corrected chi connectivity index (χ4v) is 5.14. The van der Waals surface area contributed by atoms with Crippen LogP contribution in [0.25, 0.3) is 0 Å². The molecule has 1 fully saturated rings. The number of ether oxygens (including phenoxy) is 1. The van der Waals surface area contributed by atoms with Crippen molar-refractivity contribution in [2.75, 3.05) is 33.4 Å². The van der Waals surface area contributed by atoms with E-state index in [1.807, 2.05) is 0 Å². The van der Waals surface area contributed by atoms with Crippen molar-refractivity contribution in [2.45, 2.75) is 6.92 Å². The van der Waals surface area contributed by atoms with Crippen molar-refractivity contribution < 1.29 is 4.74 Å². The number of benzene rings is 3. The maximum atomic E-state index is 7.32. The third-order valence-electron chi connectivity index (χ3n) is 4.28. The van der Waals surface area contributed by atoms with Crippen LogP contribution in [0.3, 0.4) is 0 Å². The molecular weight excluding hydrogens is 375 g/mol. The quantitative estimate of drug-likeness (QED) is 0.621. The van der Waals surface area contributed by atoms with Gasteiger partial charge in [-0.05, 0) is 30.9 Å². The number of hydrogen-bond acceptors (Lipinski definition) is 3. The van der Waals surface area contributed by atoms with E-state index in [2.05, 4.69) is 103 Å². The SMILES string of the molecule is CC#N.CN1CCOCC1.c1ccc(P(c2ccccc2)c2ccccc2)cc1. The largest absolute Gasteiger partial charge is 0.379 e. The first-order valence-electron chi connectivity index (χ1n) is 9.78. The summed E-state index contributed by atoms with van der Waals surface area (Å²) in [5.41, 5.74) is 0. The molecule has 0 bridgehead atoms. The van der Waals surface area contributed by atoms with Crippen LogP contribution in [0, 0.1) is 11.3 Å². The molecular formula is C25H29N2OP. The minimum Gasteiger partial charge on any atom is -0.379 e. The molecule has 3 aromatic rings. The van der Waals surface area contributed by atoms with Gasteiger partial charge in [-0.15, -0.1) is 0 Å². The molecule has 1 saturated heterocycles. The average molecular weight is 404 g/mol. The van der Waals surface area contributed by atoms with Crippen LogP contribution in [0.15, 0.2) is 91.0 Å². The Balaban J connectivity index is 0.000000250. The first kappa shape index (κ1) is 22.8. The van der Waals surface area contributed by atoms with Gasteiger partial charge in [-0.2, -0.15) is 5.26 Å². The predicted octanol–water partition coefficient (Wildman–Crippen LogP) is 3.92. The molecule has 0 atom stereocenters. The Labute approximate surface area is 176 Å². The van der Waals surface area contributed by atoms with Gasteiger partial charge < -0.3 is 9.64 Å². The Hall–Kier alpha value is -2.50. The van der Waals surface area contributed by atoms with Gasteiger partial charge >= 0.3 is 0 Å². The minimum absolute atomic E-state index is 0.446. The topological polar surface area (TPSA) is 36.3 Å². The smallest absolute Gasteiger partial charge is 0.0594 e. The zero-order chi connectivity index (χ0) is 20.7. The van der Waals surface area contributed by atoms with E-state index in [-0.39, 0.29) is 0 Å². The van der Waals surface area contributed by atoms with Crippen LogP contribution in [-0.4, -0.2) is 38.3 Å². The van der Waals surface area contributed by atoms with Gasteiger partial charge in [0.15, 0.2) is 0 Å². The second-order valence-corrected chi connectivity index (χ2v) is 8.70. The van der Waals surface area contributed by atoms with Gasteiger partial charge in [0.25, 0.3) is 0 Å². The Morgan fingerprint density at radius 1 is 0.724 bits per heavy atom. The lowest BCUT2D eigenvalue weighted by Crippen LogP contribution is -2.32. The zero-order valence-electron chi connectivity index (χ0n) is 17.2. The first-order chi connectivity index (χ1) is 14.3. The molecule has 0 aromatic heterocycles. The van der Waals surface area contributed by atoms with Crippen LogP contribution in [0.2, 0.25) is 0 Å². The minimum atomic E-state index is -0.446. The second-order valence-electron chi connectivity index (χ2n) is 6.48.